The molecule has 2 atom stereocenters. The van der Waals surface area contributed by atoms with Gasteiger partial charge in [0.05, 0.1) is 18.3 Å². The molecule has 168 valence electrons. The van der Waals surface area contributed by atoms with Crippen LogP contribution in [0.1, 0.15) is 19.8 Å². The van der Waals surface area contributed by atoms with E-state index in [1.807, 2.05) is 12.1 Å². The molecule has 6 heteroatoms. The number of hydrogen-bond acceptors (Lipinski definition) is 5. The summed E-state index contributed by atoms with van der Waals surface area (Å²) >= 11 is 0. The lowest BCUT2D eigenvalue weighted by atomic mass is 9.79. The van der Waals surface area contributed by atoms with Crippen LogP contribution in [-0.2, 0) is 0 Å². The molecule has 2 aromatic carbocycles. The fourth-order valence-corrected chi connectivity index (χ4v) is 5.55. The Hall–Kier alpha value is -3.38. The zero-order valence-electron chi connectivity index (χ0n) is 19.1. The number of nitrogens with one attached hydrogen (secondary N) is 1. The monoisotopic (exact) mass is 439 g/mol. The van der Waals surface area contributed by atoms with Gasteiger partial charge >= 0.3 is 0 Å². The number of ether oxygens (including phenoxy) is 1. The summed E-state index contributed by atoms with van der Waals surface area (Å²) in [5.41, 5.74) is 4.23. The molecule has 0 spiro atoms. The standard InChI is InChI=1S/C27H29N5O/c1-18-27(19-11-14-31(18)15-12-19)28-26-10-8-24(29-30-26)20-3-9-25-21(17-20)13-16-32(25)22-4-6-23(33-2)7-5-22/h3-10,13,16-19,27H,11-12,14-15H2,1-2H3,(H,28,30)/t18-,27-/m1/s1. The van der Waals surface area contributed by atoms with Gasteiger partial charge in [-0.1, -0.05) is 6.07 Å². The van der Waals surface area contributed by atoms with E-state index in [0.717, 1.165) is 39.9 Å². The lowest BCUT2D eigenvalue weighted by Gasteiger charge is -2.50. The van der Waals surface area contributed by atoms with E-state index in [9.17, 15) is 0 Å². The Bertz CT molecular complexity index is 1250. The molecule has 0 radical (unpaired) electrons. The zero-order chi connectivity index (χ0) is 22.4. The minimum atomic E-state index is 0.460. The van der Waals surface area contributed by atoms with Crippen LogP contribution < -0.4 is 10.1 Å². The molecule has 0 amide bonds. The van der Waals surface area contributed by atoms with Crippen LogP contribution in [0.25, 0.3) is 27.8 Å². The second kappa shape index (κ2) is 8.19. The number of aromatic nitrogens is 3. The smallest absolute Gasteiger partial charge is 0.148 e. The van der Waals surface area contributed by atoms with Gasteiger partial charge in [-0.15, -0.1) is 10.2 Å². The van der Waals surface area contributed by atoms with E-state index in [-0.39, 0.29) is 0 Å². The van der Waals surface area contributed by atoms with E-state index < -0.39 is 0 Å². The van der Waals surface area contributed by atoms with E-state index in [1.165, 1.54) is 31.3 Å². The predicted octanol–water partition coefficient (Wildman–Crippen LogP) is 4.99. The van der Waals surface area contributed by atoms with Gasteiger partial charge in [0.15, 0.2) is 0 Å². The second-order valence-electron chi connectivity index (χ2n) is 9.25. The van der Waals surface area contributed by atoms with Crippen molar-refractivity contribution < 1.29 is 4.74 Å². The number of benzene rings is 2. The summed E-state index contributed by atoms with van der Waals surface area (Å²) in [6.07, 6.45) is 4.66. The molecule has 3 saturated heterocycles. The molecule has 0 unspecified atom stereocenters. The lowest BCUT2D eigenvalue weighted by molar-refractivity contribution is 0.0457. The summed E-state index contributed by atoms with van der Waals surface area (Å²) in [6.45, 7) is 4.80. The first-order valence-corrected chi connectivity index (χ1v) is 11.8. The highest BCUT2D eigenvalue weighted by Gasteiger charge is 2.39. The summed E-state index contributed by atoms with van der Waals surface area (Å²) in [5, 5.41) is 13.9. The van der Waals surface area contributed by atoms with E-state index in [1.54, 1.807) is 7.11 Å². The minimum absolute atomic E-state index is 0.460. The summed E-state index contributed by atoms with van der Waals surface area (Å²) in [4.78, 5) is 2.59. The van der Waals surface area contributed by atoms with Gasteiger partial charge in [-0.2, -0.15) is 0 Å². The van der Waals surface area contributed by atoms with Crippen LogP contribution in [0.15, 0.2) is 66.9 Å². The maximum absolute atomic E-state index is 5.28. The predicted molar refractivity (Wildman–Crippen MR) is 132 cm³/mol. The molecule has 3 aliphatic rings. The normalized spacial score (nSPS) is 24.2. The Labute approximate surface area is 194 Å². The molecule has 5 heterocycles. The van der Waals surface area contributed by atoms with E-state index in [2.05, 4.69) is 86.6 Å². The van der Waals surface area contributed by atoms with Crippen LogP contribution >= 0.6 is 0 Å². The van der Waals surface area contributed by atoms with Crippen molar-refractivity contribution in [1.82, 2.24) is 19.7 Å². The maximum atomic E-state index is 5.28. The molecule has 0 aliphatic carbocycles. The summed E-state index contributed by atoms with van der Waals surface area (Å²) < 4.78 is 7.47. The molecule has 0 saturated carbocycles. The Balaban J connectivity index is 1.22. The fourth-order valence-electron chi connectivity index (χ4n) is 5.55. The molecule has 33 heavy (non-hydrogen) atoms. The molecule has 2 bridgehead atoms. The Morgan fingerprint density at radius 3 is 2.45 bits per heavy atom. The van der Waals surface area contributed by atoms with Gasteiger partial charge in [0, 0.05) is 34.9 Å². The minimum Gasteiger partial charge on any atom is -0.497 e. The average Bonchev–Trinajstić information content (AvgIpc) is 3.30. The number of methoxy groups -OCH3 is 1. The van der Waals surface area contributed by atoms with Crippen LogP contribution in [0, 0.1) is 5.92 Å². The largest absolute Gasteiger partial charge is 0.497 e. The summed E-state index contributed by atoms with van der Waals surface area (Å²) in [7, 11) is 1.69. The van der Waals surface area contributed by atoms with Crippen molar-refractivity contribution in [2.24, 2.45) is 5.92 Å². The third-order valence-electron chi connectivity index (χ3n) is 7.49. The number of fused-ring (bicyclic) bond motifs is 4. The molecular weight excluding hydrogens is 410 g/mol. The number of nitrogens with zero attached hydrogens (tertiary/aromatic N) is 4. The van der Waals surface area contributed by atoms with E-state index >= 15 is 0 Å². The van der Waals surface area contributed by atoms with Gasteiger partial charge < -0.3 is 14.6 Å². The summed E-state index contributed by atoms with van der Waals surface area (Å²) in [5.74, 6) is 2.47. The van der Waals surface area contributed by atoms with Gasteiger partial charge in [-0.05, 0) is 93.4 Å². The topological polar surface area (TPSA) is 55.2 Å². The van der Waals surface area contributed by atoms with Gasteiger partial charge in [0.1, 0.15) is 11.6 Å². The first kappa shape index (κ1) is 20.2. The fraction of sp³-hybridized carbons (Fsp3) is 0.333. The first-order chi connectivity index (χ1) is 16.2. The Kier molecular flexibility index (Phi) is 5.03. The van der Waals surface area contributed by atoms with Crippen LogP contribution in [0.5, 0.6) is 5.75 Å². The van der Waals surface area contributed by atoms with Crippen molar-refractivity contribution in [1.29, 1.82) is 0 Å². The number of piperidine rings is 3. The van der Waals surface area contributed by atoms with Crippen LogP contribution in [0.2, 0.25) is 0 Å². The van der Waals surface area contributed by atoms with Crippen LogP contribution in [0.4, 0.5) is 5.82 Å². The number of anilines is 1. The van der Waals surface area contributed by atoms with Gasteiger partial charge in [-0.25, -0.2) is 0 Å². The molecule has 7 rings (SSSR count). The Morgan fingerprint density at radius 1 is 0.939 bits per heavy atom. The van der Waals surface area contributed by atoms with Crippen molar-refractivity contribution in [3.8, 4) is 22.7 Å². The van der Waals surface area contributed by atoms with Gasteiger partial charge in [-0.3, -0.25) is 4.90 Å². The van der Waals surface area contributed by atoms with E-state index in [4.69, 9.17) is 4.74 Å². The third kappa shape index (κ3) is 3.64. The lowest BCUT2D eigenvalue weighted by Crippen LogP contribution is -2.59. The molecular formula is C27H29N5O. The SMILES string of the molecule is COc1ccc(-n2ccc3cc(-c4ccc(N[C@H]5C6CCN(CC6)[C@@H]5C)nn4)ccc32)cc1. The molecule has 4 aromatic rings. The quantitative estimate of drug-likeness (QED) is 0.475. The van der Waals surface area contributed by atoms with Crippen molar-refractivity contribution in [2.45, 2.75) is 31.8 Å². The first-order valence-electron chi connectivity index (χ1n) is 11.8. The van der Waals surface area contributed by atoms with Crippen molar-refractivity contribution >= 4 is 16.7 Å². The van der Waals surface area contributed by atoms with Gasteiger partial charge in [0.2, 0.25) is 0 Å². The highest BCUT2D eigenvalue weighted by molar-refractivity contribution is 5.86. The number of hydrogen-bond donors (Lipinski definition) is 1. The third-order valence-corrected chi connectivity index (χ3v) is 7.49. The van der Waals surface area contributed by atoms with Crippen LogP contribution in [-0.4, -0.2) is 51.9 Å². The Morgan fingerprint density at radius 2 is 1.76 bits per heavy atom. The molecule has 1 N–H and O–H groups in total. The molecule has 2 aromatic heterocycles. The van der Waals surface area contributed by atoms with Gasteiger partial charge in [0.25, 0.3) is 0 Å². The van der Waals surface area contributed by atoms with E-state index in [0.29, 0.717) is 12.1 Å². The molecule has 3 fully saturated rings. The van der Waals surface area contributed by atoms with Crippen molar-refractivity contribution in [3.05, 3.63) is 66.9 Å². The second-order valence-corrected chi connectivity index (χ2v) is 9.25. The maximum Gasteiger partial charge on any atom is 0.148 e. The highest BCUT2D eigenvalue weighted by atomic mass is 16.5. The molecule has 6 nitrogen and oxygen atoms in total. The van der Waals surface area contributed by atoms with Crippen molar-refractivity contribution in [2.75, 3.05) is 25.5 Å². The van der Waals surface area contributed by atoms with Crippen molar-refractivity contribution in [3.63, 3.8) is 0 Å². The van der Waals surface area contributed by atoms with Crippen LogP contribution in [0.3, 0.4) is 0 Å². The summed E-state index contributed by atoms with van der Waals surface area (Å²) in [6, 6.07) is 21.9. The highest BCUT2D eigenvalue weighted by Crippen LogP contribution is 2.34. The number of rotatable bonds is 5. The zero-order valence-corrected chi connectivity index (χ0v) is 19.1. The average molecular weight is 440 g/mol. The molecule has 3 aliphatic heterocycles.